The normalized spacial score (nSPS) is 10.1. The molecule has 0 saturated heterocycles. The van der Waals surface area contributed by atoms with Crippen LogP contribution in [-0.4, -0.2) is 44.1 Å². The first-order valence-corrected chi connectivity index (χ1v) is 9.78. The number of nitrogen functional groups attached to an aromatic ring is 2. The van der Waals surface area contributed by atoms with Crippen molar-refractivity contribution in [3.8, 4) is 22.5 Å². The molecule has 0 bridgehead atoms. The molecule has 178 valence electrons. The summed E-state index contributed by atoms with van der Waals surface area (Å²) in [4.78, 5) is 37.8. The van der Waals surface area contributed by atoms with Gasteiger partial charge in [0, 0.05) is 11.1 Å². The van der Waals surface area contributed by atoms with E-state index in [9.17, 15) is 18.4 Å². The highest BCUT2D eigenvalue weighted by atomic mass is 19.1. The number of carbonyl (C=O) groups excluding carboxylic acids is 1. The Kier molecular flexibility index (Phi) is 7.56. The second kappa shape index (κ2) is 10.7. The average Bonchev–Trinajstić information content (AvgIpc) is 2.85. The summed E-state index contributed by atoms with van der Waals surface area (Å²) in [7, 11) is 1.23. The zero-order chi connectivity index (χ0) is 25.5. The maximum atomic E-state index is 12.8. The summed E-state index contributed by atoms with van der Waals surface area (Å²) in [5.41, 5.74) is 12.5. The minimum atomic E-state index is -1.25. The van der Waals surface area contributed by atoms with Gasteiger partial charge in [0.2, 0.25) is 0 Å². The van der Waals surface area contributed by atoms with Gasteiger partial charge in [-0.05, 0) is 48.5 Å². The third-order valence-electron chi connectivity index (χ3n) is 4.46. The summed E-state index contributed by atoms with van der Waals surface area (Å²) in [5.74, 6) is -2.80. The number of carboxylic acids is 1. The molecule has 0 aliphatic rings. The molecular formula is C23H18F2N6O4. The third-order valence-corrected chi connectivity index (χ3v) is 4.46. The number of anilines is 2. The zero-order valence-electron chi connectivity index (χ0n) is 18.1. The maximum absolute atomic E-state index is 12.8. The number of aromatic carboxylic acids is 1. The SMILES string of the molecule is COC(=O)c1nc(-c2ccc(F)cc2)cnc1N.Nc1ncc(-c2ccc(F)cc2)nc1C(=O)O. The van der Waals surface area contributed by atoms with Crippen LogP contribution in [0.15, 0.2) is 60.9 Å². The minimum Gasteiger partial charge on any atom is -0.476 e. The molecule has 0 spiro atoms. The minimum absolute atomic E-state index is 0.00675. The van der Waals surface area contributed by atoms with E-state index in [2.05, 4.69) is 24.7 Å². The lowest BCUT2D eigenvalue weighted by Gasteiger charge is -2.05. The standard InChI is InChI=1S/C12H10FN3O2.C11H8FN3O2/c1-18-12(17)10-11(14)15-6-9(16-10)7-2-4-8(13)5-3-7;12-7-3-1-6(2-4-7)8-5-14-10(13)9(15-8)11(16)17/h2-6H,1H3,(H2,14,15);1-5H,(H2,13,14)(H,16,17). The number of carboxylic acid groups (broad SMARTS) is 1. The number of nitrogens with zero attached hydrogens (tertiary/aromatic N) is 4. The van der Waals surface area contributed by atoms with Crippen LogP contribution in [0.5, 0.6) is 0 Å². The van der Waals surface area contributed by atoms with E-state index < -0.39 is 11.9 Å². The summed E-state index contributed by atoms with van der Waals surface area (Å²) in [6.45, 7) is 0. The molecule has 2 aromatic carbocycles. The Balaban J connectivity index is 0.000000196. The van der Waals surface area contributed by atoms with Gasteiger partial charge in [0.1, 0.15) is 11.6 Å². The smallest absolute Gasteiger partial charge is 0.360 e. The van der Waals surface area contributed by atoms with E-state index in [1.54, 1.807) is 0 Å². The van der Waals surface area contributed by atoms with Crippen molar-refractivity contribution in [3.05, 3.63) is 83.9 Å². The number of halogens is 2. The van der Waals surface area contributed by atoms with Crippen molar-refractivity contribution in [2.75, 3.05) is 18.6 Å². The van der Waals surface area contributed by atoms with E-state index in [0.717, 1.165) is 0 Å². The number of hydrogen-bond acceptors (Lipinski definition) is 9. The lowest BCUT2D eigenvalue weighted by atomic mass is 10.1. The van der Waals surface area contributed by atoms with E-state index in [-0.39, 0.29) is 34.7 Å². The molecule has 5 N–H and O–H groups in total. The number of benzene rings is 2. The molecule has 35 heavy (non-hydrogen) atoms. The number of esters is 1. The van der Waals surface area contributed by atoms with Crippen LogP contribution >= 0.6 is 0 Å². The fourth-order valence-corrected chi connectivity index (χ4v) is 2.72. The van der Waals surface area contributed by atoms with Crippen molar-refractivity contribution in [1.29, 1.82) is 0 Å². The highest BCUT2D eigenvalue weighted by Crippen LogP contribution is 2.20. The molecule has 12 heteroatoms. The number of hydrogen-bond donors (Lipinski definition) is 3. The fraction of sp³-hybridized carbons (Fsp3) is 0.0435. The second-order valence-electron chi connectivity index (χ2n) is 6.79. The van der Waals surface area contributed by atoms with E-state index in [4.69, 9.17) is 16.6 Å². The van der Waals surface area contributed by atoms with Crippen LogP contribution in [0.3, 0.4) is 0 Å². The van der Waals surface area contributed by atoms with Crippen LogP contribution in [0, 0.1) is 11.6 Å². The number of aromatic nitrogens is 4. The highest BCUT2D eigenvalue weighted by molar-refractivity contribution is 5.92. The van der Waals surface area contributed by atoms with Crippen molar-refractivity contribution in [2.24, 2.45) is 0 Å². The van der Waals surface area contributed by atoms with Gasteiger partial charge in [0.25, 0.3) is 0 Å². The van der Waals surface area contributed by atoms with Crippen LogP contribution in [0.4, 0.5) is 20.4 Å². The molecule has 0 atom stereocenters. The molecule has 0 aliphatic carbocycles. The van der Waals surface area contributed by atoms with Crippen molar-refractivity contribution in [1.82, 2.24) is 19.9 Å². The van der Waals surface area contributed by atoms with Crippen LogP contribution in [0.1, 0.15) is 21.0 Å². The molecule has 0 saturated carbocycles. The summed E-state index contributed by atoms with van der Waals surface area (Å²) < 4.78 is 30.1. The molecular weight excluding hydrogens is 462 g/mol. The molecule has 4 rings (SSSR count). The maximum Gasteiger partial charge on any atom is 0.360 e. The van der Waals surface area contributed by atoms with Gasteiger partial charge in [-0.2, -0.15) is 0 Å². The summed E-state index contributed by atoms with van der Waals surface area (Å²) >= 11 is 0. The molecule has 0 aliphatic heterocycles. The van der Waals surface area contributed by atoms with Gasteiger partial charge >= 0.3 is 11.9 Å². The predicted molar refractivity (Wildman–Crippen MR) is 122 cm³/mol. The molecule has 2 heterocycles. The van der Waals surface area contributed by atoms with Crippen molar-refractivity contribution in [3.63, 3.8) is 0 Å². The number of nitrogens with two attached hydrogens (primary N) is 2. The number of carbonyl (C=O) groups is 2. The predicted octanol–water partition coefficient (Wildman–Crippen LogP) is 3.21. The Morgan fingerprint density at radius 3 is 1.57 bits per heavy atom. The van der Waals surface area contributed by atoms with Gasteiger partial charge in [-0.15, -0.1) is 0 Å². The van der Waals surface area contributed by atoms with Gasteiger partial charge in [-0.25, -0.2) is 38.3 Å². The molecule has 0 unspecified atom stereocenters. The number of rotatable bonds is 4. The molecule has 0 amide bonds. The van der Waals surface area contributed by atoms with Crippen LogP contribution < -0.4 is 11.5 Å². The highest BCUT2D eigenvalue weighted by Gasteiger charge is 2.15. The molecule has 0 fully saturated rings. The molecule has 0 radical (unpaired) electrons. The first kappa shape index (κ1) is 24.6. The Morgan fingerprint density at radius 1 is 0.771 bits per heavy atom. The first-order chi connectivity index (χ1) is 16.7. The lowest BCUT2D eigenvalue weighted by Crippen LogP contribution is -2.10. The molecule has 4 aromatic rings. The van der Waals surface area contributed by atoms with Gasteiger partial charge in [0.05, 0.1) is 30.9 Å². The van der Waals surface area contributed by atoms with Gasteiger partial charge in [0.15, 0.2) is 23.0 Å². The largest absolute Gasteiger partial charge is 0.476 e. The summed E-state index contributed by atoms with van der Waals surface area (Å²) in [6, 6.07) is 11.2. The van der Waals surface area contributed by atoms with Gasteiger partial charge in [-0.1, -0.05) is 0 Å². The molecule has 10 nitrogen and oxygen atoms in total. The van der Waals surface area contributed by atoms with Gasteiger partial charge < -0.3 is 21.3 Å². The zero-order valence-corrected chi connectivity index (χ0v) is 18.1. The monoisotopic (exact) mass is 480 g/mol. The Labute approximate surface area is 197 Å². The average molecular weight is 480 g/mol. The summed E-state index contributed by atoms with van der Waals surface area (Å²) in [6.07, 6.45) is 2.75. The van der Waals surface area contributed by atoms with E-state index in [1.807, 2.05) is 0 Å². The van der Waals surface area contributed by atoms with E-state index in [1.165, 1.54) is 68.0 Å². The van der Waals surface area contributed by atoms with Crippen molar-refractivity contribution >= 4 is 23.6 Å². The van der Waals surface area contributed by atoms with Crippen LogP contribution in [0.25, 0.3) is 22.5 Å². The topological polar surface area (TPSA) is 167 Å². The summed E-state index contributed by atoms with van der Waals surface area (Å²) in [5, 5.41) is 8.84. The first-order valence-electron chi connectivity index (χ1n) is 9.78. The Bertz CT molecular complexity index is 1370. The fourth-order valence-electron chi connectivity index (χ4n) is 2.72. The number of ether oxygens (including phenoxy) is 1. The molecule has 2 aromatic heterocycles. The van der Waals surface area contributed by atoms with Crippen molar-refractivity contribution in [2.45, 2.75) is 0 Å². The van der Waals surface area contributed by atoms with E-state index in [0.29, 0.717) is 22.5 Å². The Morgan fingerprint density at radius 2 is 1.17 bits per heavy atom. The van der Waals surface area contributed by atoms with Crippen LogP contribution in [0.2, 0.25) is 0 Å². The lowest BCUT2D eigenvalue weighted by molar-refractivity contribution is 0.0594. The van der Waals surface area contributed by atoms with Crippen molar-refractivity contribution < 1.29 is 28.2 Å². The Hall–Kier alpha value is -5.00. The van der Waals surface area contributed by atoms with E-state index >= 15 is 0 Å². The van der Waals surface area contributed by atoms with Gasteiger partial charge in [-0.3, -0.25) is 0 Å². The number of methoxy groups -OCH3 is 1. The second-order valence-corrected chi connectivity index (χ2v) is 6.79. The quantitative estimate of drug-likeness (QED) is 0.369. The third kappa shape index (κ3) is 6.07. The van der Waals surface area contributed by atoms with Crippen LogP contribution in [-0.2, 0) is 4.74 Å².